The Bertz CT molecular complexity index is 324. The van der Waals surface area contributed by atoms with Gasteiger partial charge in [0, 0.05) is 30.7 Å². The smallest absolute Gasteiger partial charge is 0.0312 e. The largest absolute Gasteiger partial charge is 0.309 e. The van der Waals surface area contributed by atoms with E-state index in [9.17, 15) is 0 Å². The molecule has 1 aromatic rings. The molecule has 1 fully saturated rings. The van der Waals surface area contributed by atoms with Crippen LogP contribution in [-0.4, -0.2) is 22.5 Å². The van der Waals surface area contributed by atoms with Crippen molar-refractivity contribution in [3.63, 3.8) is 0 Å². The molecule has 0 bridgehead atoms. The summed E-state index contributed by atoms with van der Waals surface area (Å²) in [6.07, 6.45) is 5.04. The van der Waals surface area contributed by atoms with Gasteiger partial charge in [0.25, 0.3) is 0 Å². The Labute approximate surface area is 102 Å². The lowest BCUT2D eigenvalue weighted by Gasteiger charge is -2.35. The first kappa shape index (κ1) is 11.9. The molecule has 1 atom stereocenters. The van der Waals surface area contributed by atoms with Crippen molar-refractivity contribution in [2.75, 3.05) is 11.5 Å². The molecule has 88 valence electrons. The number of rotatable bonds is 3. The first-order valence-corrected chi connectivity index (χ1v) is 7.01. The molecule has 2 rings (SSSR count). The maximum absolute atomic E-state index is 4.13. The average molecular weight is 236 g/mol. The second kappa shape index (κ2) is 5.19. The monoisotopic (exact) mass is 236 g/mol. The van der Waals surface area contributed by atoms with Gasteiger partial charge >= 0.3 is 0 Å². The van der Waals surface area contributed by atoms with E-state index >= 15 is 0 Å². The minimum absolute atomic E-state index is 0.482. The van der Waals surface area contributed by atoms with E-state index < -0.39 is 0 Å². The maximum Gasteiger partial charge on any atom is 0.0312 e. The SMILES string of the molecule is CC1(C)CSCC(NCc2cccnc2)C1. The highest BCUT2D eigenvalue weighted by Crippen LogP contribution is 2.33. The number of hydrogen-bond acceptors (Lipinski definition) is 3. The van der Waals surface area contributed by atoms with E-state index in [1.807, 2.05) is 18.5 Å². The Hall–Kier alpha value is -0.540. The van der Waals surface area contributed by atoms with Crippen molar-refractivity contribution in [2.24, 2.45) is 5.41 Å². The molecule has 1 aliphatic rings. The number of pyridine rings is 1. The Morgan fingerprint density at radius 2 is 2.44 bits per heavy atom. The quantitative estimate of drug-likeness (QED) is 0.873. The Balaban J connectivity index is 1.82. The van der Waals surface area contributed by atoms with Gasteiger partial charge in [0.2, 0.25) is 0 Å². The van der Waals surface area contributed by atoms with Crippen LogP contribution in [0, 0.1) is 5.41 Å². The van der Waals surface area contributed by atoms with Gasteiger partial charge in [-0.1, -0.05) is 19.9 Å². The van der Waals surface area contributed by atoms with E-state index in [0.717, 1.165) is 6.54 Å². The van der Waals surface area contributed by atoms with Crippen LogP contribution in [0.5, 0.6) is 0 Å². The topological polar surface area (TPSA) is 24.9 Å². The van der Waals surface area contributed by atoms with Gasteiger partial charge < -0.3 is 5.32 Å². The van der Waals surface area contributed by atoms with E-state index in [1.54, 1.807) is 0 Å². The first-order valence-electron chi connectivity index (χ1n) is 5.86. The van der Waals surface area contributed by atoms with Gasteiger partial charge in [-0.05, 0) is 29.2 Å². The number of nitrogens with zero attached hydrogens (tertiary/aromatic N) is 1. The van der Waals surface area contributed by atoms with Crippen LogP contribution in [0.2, 0.25) is 0 Å². The van der Waals surface area contributed by atoms with Crippen LogP contribution in [-0.2, 0) is 6.54 Å². The molecule has 0 aliphatic carbocycles. The molecule has 0 saturated carbocycles. The second-order valence-corrected chi connectivity index (χ2v) is 6.35. The lowest BCUT2D eigenvalue weighted by atomic mass is 9.88. The zero-order valence-corrected chi connectivity index (χ0v) is 10.9. The summed E-state index contributed by atoms with van der Waals surface area (Å²) in [4.78, 5) is 4.13. The van der Waals surface area contributed by atoms with Crippen molar-refractivity contribution in [1.29, 1.82) is 0 Å². The van der Waals surface area contributed by atoms with Gasteiger partial charge in [-0.15, -0.1) is 0 Å². The lowest BCUT2D eigenvalue weighted by molar-refractivity contribution is 0.317. The fourth-order valence-electron chi connectivity index (χ4n) is 2.16. The van der Waals surface area contributed by atoms with E-state index in [1.165, 1.54) is 23.5 Å². The van der Waals surface area contributed by atoms with Crippen molar-refractivity contribution >= 4 is 11.8 Å². The number of aromatic nitrogens is 1. The molecule has 1 unspecified atom stereocenters. The third-order valence-corrected chi connectivity index (χ3v) is 4.55. The summed E-state index contributed by atoms with van der Waals surface area (Å²) < 4.78 is 0. The van der Waals surface area contributed by atoms with Crippen molar-refractivity contribution in [3.05, 3.63) is 30.1 Å². The Kier molecular flexibility index (Phi) is 3.87. The maximum atomic E-state index is 4.13. The molecule has 0 amide bonds. The summed E-state index contributed by atoms with van der Waals surface area (Å²) in [5.41, 5.74) is 1.76. The predicted octanol–water partition coefficient (Wildman–Crippen LogP) is 2.70. The fourth-order valence-corrected chi connectivity index (χ4v) is 3.47. The van der Waals surface area contributed by atoms with Crippen molar-refractivity contribution in [2.45, 2.75) is 32.9 Å². The van der Waals surface area contributed by atoms with E-state index in [4.69, 9.17) is 0 Å². The minimum atomic E-state index is 0.482. The summed E-state index contributed by atoms with van der Waals surface area (Å²) >= 11 is 2.07. The van der Waals surface area contributed by atoms with Gasteiger partial charge in [0.1, 0.15) is 0 Å². The molecule has 0 aromatic carbocycles. The predicted molar refractivity (Wildman–Crippen MR) is 70.6 cm³/mol. The van der Waals surface area contributed by atoms with Crippen LogP contribution >= 0.6 is 11.8 Å². The molecule has 1 aromatic heterocycles. The molecular formula is C13H20N2S. The van der Waals surface area contributed by atoms with Crippen LogP contribution in [0.25, 0.3) is 0 Å². The fraction of sp³-hybridized carbons (Fsp3) is 0.615. The van der Waals surface area contributed by atoms with Crippen LogP contribution in [0.1, 0.15) is 25.8 Å². The summed E-state index contributed by atoms with van der Waals surface area (Å²) in [6.45, 7) is 5.66. The van der Waals surface area contributed by atoms with E-state index in [2.05, 4.69) is 42.0 Å². The van der Waals surface area contributed by atoms with Crippen molar-refractivity contribution < 1.29 is 0 Å². The van der Waals surface area contributed by atoms with Gasteiger partial charge in [0.15, 0.2) is 0 Å². The summed E-state index contributed by atoms with van der Waals surface area (Å²) in [7, 11) is 0. The van der Waals surface area contributed by atoms with Gasteiger partial charge in [0.05, 0.1) is 0 Å². The highest BCUT2D eigenvalue weighted by Gasteiger charge is 2.27. The third-order valence-electron chi connectivity index (χ3n) is 2.93. The van der Waals surface area contributed by atoms with Crippen LogP contribution in [0.3, 0.4) is 0 Å². The first-order chi connectivity index (χ1) is 7.66. The molecule has 3 heteroatoms. The summed E-state index contributed by atoms with van der Waals surface area (Å²) in [6, 6.07) is 4.77. The Morgan fingerprint density at radius 3 is 3.12 bits per heavy atom. The number of thioether (sulfide) groups is 1. The van der Waals surface area contributed by atoms with Crippen molar-refractivity contribution in [1.82, 2.24) is 10.3 Å². The Morgan fingerprint density at radius 1 is 1.56 bits per heavy atom. The molecule has 2 heterocycles. The molecule has 1 N–H and O–H groups in total. The van der Waals surface area contributed by atoms with Gasteiger partial charge in [-0.2, -0.15) is 11.8 Å². The zero-order chi connectivity index (χ0) is 11.4. The lowest BCUT2D eigenvalue weighted by Crippen LogP contribution is -2.39. The molecule has 0 radical (unpaired) electrons. The van der Waals surface area contributed by atoms with Crippen LogP contribution < -0.4 is 5.32 Å². The van der Waals surface area contributed by atoms with Crippen LogP contribution in [0.15, 0.2) is 24.5 Å². The van der Waals surface area contributed by atoms with Gasteiger partial charge in [-0.3, -0.25) is 4.98 Å². The zero-order valence-electron chi connectivity index (χ0n) is 10.1. The molecule has 0 spiro atoms. The number of hydrogen-bond donors (Lipinski definition) is 1. The van der Waals surface area contributed by atoms with E-state index in [0.29, 0.717) is 11.5 Å². The standard InChI is InChI=1S/C13H20N2S/c1-13(2)6-12(9-16-10-13)15-8-11-4-3-5-14-7-11/h3-5,7,12,15H,6,8-10H2,1-2H3. The molecule has 1 saturated heterocycles. The number of nitrogens with one attached hydrogen (secondary N) is 1. The van der Waals surface area contributed by atoms with E-state index in [-0.39, 0.29) is 0 Å². The van der Waals surface area contributed by atoms with Crippen LogP contribution in [0.4, 0.5) is 0 Å². The molecular weight excluding hydrogens is 216 g/mol. The summed E-state index contributed by atoms with van der Waals surface area (Å²) in [5, 5.41) is 3.63. The highest BCUT2D eigenvalue weighted by atomic mass is 32.2. The van der Waals surface area contributed by atoms with Gasteiger partial charge in [-0.25, -0.2) is 0 Å². The molecule has 2 nitrogen and oxygen atoms in total. The molecule has 16 heavy (non-hydrogen) atoms. The summed E-state index contributed by atoms with van der Waals surface area (Å²) in [5.74, 6) is 2.53. The highest BCUT2D eigenvalue weighted by molar-refractivity contribution is 7.99. The second-order valence-electron chi connectivity index (χ2n) is 5.32. The molecule has 1 aliphatic heterocycles. The normalized spacial score (nSPS) is 24.2. The van der Waals surface area contributed by atoms with Crippen molar-refractivity contribution in [3.8, 4) is 0 Å². The average Bonchev–Trinajstić information content (AvgIpc) is 2.27. The minimum Gasteiger partial charge on any atom is -0.309 e. The third kappa shape index (κ3) is 3.49.